The minimum atomic E-state index is -0.0245. The van der Waals surface area contributed by atoms with Gasteiger partial charge in [-0.3, -0.25) is 4.79 Å². The van der Waals surface area contributed by atoms with Crippen molar-refractivity contribution in [3.05, 3.63) is 18.3 Å². The van der Waals surface area contributed by atoms with Crippen LogP contribution in [0, 0.1) is 5.92 Å². The molecule has 1 aliphatic heterocycles. The lowest BCUT2D eigenvalue weighted by Crippen LogP contribution is -2.37. The van der Waals surface area contributed by atoms with Crippen LogP contribution in [0.25, 0.3) is 11.4 Å². The molecule has 0 unspecified atom stereocenters. The van der Waals surface area contributed by atoms with Crippen molar-refractivity contribution in [3.8, 4) is 17.4 Å². The molecule has 1 amide bonds. The summed E-state index contributed by atoms with van der Waals surface area (Å²) in [5.74, 6) is 1.75. The Hall–Kier alpha value is -3.01. The summed E-state index contributed by atoms with van der Waals surface area (Å²) in [6.45, 7) is 2.68. The van der Waals surface area contributed by atoms with Crippen molar-refractivity contribution in [1.29, 1.82) is 0 Å². The SMILES string of the molecule is CN(C)C(=O)[C@H]1CC[C@H](Oc2nc(-c3ccc(N)nc3)nc(N3CCOCC3)n2)CC1. The number of nitrogens with zero attached hydrogens (tertiary/aromatic N) is 6. The molecule has 1 aliphatic carbocycles. The fourth-order valence-electron chi connectivity index (χ4n) is 3.91. The van der Waals surface area contributed by atoms with Crippen molar-refractivity contribution in [1.82, 2.24) is 24.8 Å². The third-order valence-corrected chi connectivity index (χ3v) is 5.68. The Bertz CT molecular complexity index is 892. The number of anilines is 2. The van der Waals surface area contributed by atoms with Gasteiger partial charge in [-0.25, -0.2) is 4.98 Å². The summed E-state index contributed by atoms with van der Waals surface area (Å²) in [6.07, 6.45) is 4.82. The van der Waals surface area contributed by atoms with Gasteiger partial charge in [-0.05, 0) is 37.8 Å². The van der Waals surface area contributed by atoms with Crippen LogP contribution in [-0.4, -0.2) is 77.2 Å². The molecule has 2 fully saturated rings. The maximum Gasteiger partial charge on any atom is 0.322 e. The number of carbonyl (C=O) groups is 1. The fourth-order valence-corrected chi connectivity index (χ4v) is 3.91. The van der Waals surface area contributed by atoms with E-state index in [1.54, 1.807) is 31.3 Å². The zero-order valence-electron chi connectivity index (χ0n) is 18.0. The molecule has 1 saturated heterocycles. The van der Waals surface area contributed by atoms with Crippen LogP contribution in [-0.2, 0) is 9.53 Å². The molecule has 2 N–H and O–H groups in total. The number of aromatic nitrogens is 4. The lowest BCUT2D eigenvalue weighted by molar-refractivity contribution is -0.134. The summed E-state index contributed by atoms with van der Waals surface area (Å²) in [6, 6.07) is 3.85. The Kier molecular flexibility index (Phi) is 6.45. The molecule has 0 atom stereocenters. The number of amides is 1. The second-order valence-electron chi connectivity index (χ2n) is 8.14. The Morgan fingerprint density at radius 3 is 2.52 bits per heavy atom. The van der Waals surface area contributed by atoms with Crippen molar-refractivity contribution in [2.75, 3.05) is 51.0 Å². The summed E-state index contributed by atoms with van der Waals surface area (Å²) in [5.41, 5.74) is 6.46. The van der Waals surface area contributed by atoms with Crippen LogP contribution in [0.5, 0.6) is 6.01 Å². The molecule has 31 heavy (non-hydrogen) atoms. The molecule has 0 bridgehead atoms. The van der Waals surface area contributed by atoms with Gasteiger partial charge in [0, 0.05) is 44.9 Å². The van der Waals surface area contributed by atoms with Crippen molar-refractivity contribution in [2.45, 2.75) is 31.8 Å². The molecule has 2 aliphatic rings. The lowest BCUT2D eigenvalue weighted by atomic mass is 9.86. The minimum Gasteiger partial charge on any atom is -0.460 e. The average molecular weight is 428 g/mol. The number of nitrogen functional groups attached to an aromatic ring is 1. The molecule has 166 valence electrons. The van der Waals surface area contributed by atoms with Gasteiger partial charge < -0.3 is 25.0 Å². The topological polar surface area (TPSA) is 120 Å². The quantitative estimate of drug-likeness (QED) is 0.754. The van der Waals surface area contributed by atoms with Gasteiger partial charge in [0.25, 0.3) is 0 Å². The zero-order chi connectivity index (χ0) is 21.8. The van der Waals surface area contributed by atoms with Crippen molar-refractivity contribution in [3.63, 3.8) is 0 Å². The van der Waals surface area contributed by atoms with Crippen LogP contribution in [0.2, 0.25) is 0 Å². The Morgan fingerprint density at radius 2 is 1.87 bits per heavy atom. The van der Waals surface area contributed by atoms with Gasteiger partial charge in [0.05, 0.1) is 13.2 Å². The first-order valence-corrected chi connectivity index (χ1v) is 10.7. The van der Waals surface area contributed by atoms with Crippen LogP contribution in [0.1, 0.15) is 25.7 Å². The predicted molar refractivity (Wildman–Crippen MR) is 116 cm³/mol. The monoisotopic (exact) mass is 427 g/mol. The van der Waals surface area contributed by atoms with E-state index < -0.39 is 0 Å². The van der Waals surface area contributed by atoms with E-state index in [9.17, 15) is 4.79 Å². The van der Waals surface area contributed by atoms with Crippen molar-refractivity contribution in [2.24, 2.45) is 5.92 Å². The van der Waals surface area contributed by atoms with Crippen molar-refractivity contribution < 1.29 is 14.3 Å². The molecule has 10 heteroatoms. The third kappa shape index (κ3) is 5.19. The van der Waals surface area contributed by atoms with Crippen LogP contribution < -0.4 is 15.4 Å². The smallest absolute Gasteiger partial charge is 0.322 e. The number of morpholine rings is 1. The van der Waals surface area contributed by atoms with E-state index in [2.05, 4.69) is 24.8 Å². The minimum absolute atomic E-state index is 0.0245. The van der Waals surface area contributed by atoms with E-state index in [0.29, 0.717) is 49.9 Å². The molecule has 4 rings (SSSR count). The normalized spacial score (nSPS) is 21.5. The molecule has 3 heterocycles. The molecule has 0 radical (unpaired) electrons. The van der Waals surface area contributed by atoms with Gasteiger partial charge in [-0.1, -0.05) is 0 Å². The van der Waals surface area contributed by atoms with E-state index in [0.717, 1.165) is 31.2 Å². The Labute approximate surface area is 181 Å². The Balaban J connectivity index is 1.53. The second-order valence-corrected chi connectivity index (χ2v) is 8.14. The maximum absolute atomic E-state index is 12.2. The van der Waals surface area contributed by atoms with E-state index in [1.807, 2.05) is 6.07 Å². The van der Waals surface area contributed by atoms with Gasteiger partial charge >= 0.3 is 6.01 Å². The van der Waals surface area contributed by atoms with Gasteiger partial charge in [0.15, 0.2) is 5.82 Å². The number of nitrogens with two attached hydrogens (primary N) is 1. The van der Waals surface area contributed by atoms with Crippen LogP contribution in [0.15, 0.2) is 18.3 Å². The summed E-state index contributed by atoms with van der Waals surface area (Å²) in [4.78, 5) is 33.9. The number of pyridine rings is 1. The molecule has 1 saturated carbocycles. The van der Waals surface area contributed by atoms with Crippen LogP contribution in [0.4, 0.5) is 11.8 Å². The molecule has 2 aromatic rings. The highest BCUT2D eigenvalue weighted by atomic mass is 16.5. The third-order valence-electron chi connectivity index (χ3n) is 5.68. The molecule has 0 aromatic carbocycles. The number of carbonyl (C=O) groups excluding carboxylic acids is 1. The van der Waals surface area contributed by atoms with Gasteiger partial charge in [-0.2, -0.15) is 15.0 Å². The maximum atomic E-state index is 12.2. The van der Waals surface area contributed by atoms with Crippen LogP contribution in [0.3, 0.4) is 0 Å². The predicted octanol–water partition coefficient (Wildman–Crippen LogP) is 1.38. The number of rotatable bonds is 5. The molecule has 10 nitrogen and oxygen atoms in total. The highest BCUT2D eigenvalue weighted by Gasteiger charge is 2.29. The standard InChI is InChI=1S/C21H29N7O3/c1-27(2)19(29)14-3-6-16(7-4-14)31-21-25-18(15-5-8-17(22)23-13-15)24-20(26-21)28-9-11-30-12-10-28/h5,8,13-14,16H,3-4,6-7,9-12H2,1-2H3,(H2,22,23)/t14-,16-. The van der Waals surface area contributed by atoms with Gasteiger partial charge in [-0.15, -0.1) is 0 Å². The zero-order valence-corrected chi connectivity index (χ0v) is 18.0. The van der Waals surface area contributed by atoms with Crippen LogP contribution >= 0.6 is 0 Å². The number of hydrogen-bond donors (Lipinski definition) is 1. The summed E-state index contributed by atoms with van der Waals surface area (Å²) in [7, 11) is 3.60. The fraction of sp³-hybridized carbons (Fsp3) is 0.571. The summed E-state index contributed by atoms with van der Waals surface area (Å²) >= 11 is 0. The molecule has 2 aromatic heterocycles. The second kappa shape index (κ2) is 9.42. The van der Waals surface area contributed by atoms with E-state index in [1.165, 1.54) is 0 Å². The number of hydrogen-bond acceptors (Lipinski definition) is 9. The number of ether oxygens (including phenoxy) is 2. The van der Waals surface area contributed by atoms with E-state index >= 15 is 0 Å². The first kappa shape index (κ1) is 21.2. The highest BCUT2D eigenvalue weighted by Crippen LogP contribution is 2.29. The molecule has 0 spiro atoms. The van der Waals surface area contributed by atoms with Gasteiger partial charge in [0.1, 0.15) is 11.9 Å². The molecular formula is C21H29N7O3. The lowest BCUT2D eigenvalue weighted by Gasteiger charge is -2.30. The average Bonchev–Trinajstić information content (AvgIpc) is 2.80. The summed E-state index contributed by atoms with van der Waals surface area (Å²) in [5, 5.41) is 0. The van der Waals surface area contributed by atoms with Crippen molar-refractivity contribution >= 4 is 17.7 Å². The first-order valence-electron chi connectivity index (χ1n) is 10.7. The van der Waals surface area contributed by atoms with E-state index in [4.69, 9.17) is 15.2 Å². The first-order chi connectivity index (χ1) is 15.0. The Morgan fingerprint density at radius 1 is 1.13 bits per heavy atom. The summed E-state index contributed by atoms with van der Waals surface area (Å²) < 4.78 is 11.6. The molecular weight excluding hydrogens is 398 g/mol. The van der Waals surface area contributed by atoms with E-state index in [-0.39, 0.29) is 17.9 Å². The largest absolute Gasteiger partial charge is 0.460 e. The highest BCUT2D eigenvalue weighted by molar-refractivity contribution is 5.78. The van der Waals surface area contributed by atoms with Gasteiger partial charge in [0.2, 0.25) is 11.9 Å².